The third-order valence-corrected chi connectivity index (χ3v) is 9.65. The Bertz CT molecular complexity index is 1350. The molecule has 31 heavy (non-hydrogen) atoms. The number of rotatable bonds is 4. The average molecular weight is 454 g/mol. The van der Waals surface area contributed by atoms with E-state index in [0.29, 0.717) is 11.8 Å². The first-order valence-electron chi connectivity index (χ1n) is 10.2. The zero-order valence-electron chi connectivity index (χ0n) is 16.7. The molecule has 0 radical (unpaired) electrons. The van der Waals surface area contributed by atoms with Gasteiger partial charge in [-0.25, -0.2) is 0 Å². The van der Waals surface area contributed by atoms with Gasteiger partial charge in [-0.05, 0) is 0 Å². The fourth-order valence-electron chi connectivity index (χ4n) is 3.95. The van der Waals surface area contributed by atoms with Crippen molar-refractivity contribution >= 4 is 30.5 Å². The van der Waals surface area contributed by atoms with Gasteiger partial charge < -0.3 is 0 Å². The molecule has 2 aromatic heterocycles. The monoisotopic (exact) mass is 452 g/mol. The molecule has 0 bridgehead atoms. The third-order valence-electron chi connectivity index (χ3n) is 5.46. The zero-order chi connectivity index (χ0) is 20.6. The van der Waals surface area contributed by atoms with Gasteiger partial charge in [0.25, 0.3) is 0 Å². The van der Waals surface area contributed by atoms with Crippen LogP contribution in [0.15, 0.2) is 106 Å². The van der Waals surface area contributed by atoms with Crippen LogP contribution in [-0.4, -0.2) is 9.97 Å². The van der Waals surface area contributed by atoms with Crippen LogP contribution < -0.4 is 8.32 Å². The van der Waals surface area contributed by atoms with Gasteiger partial charge in [0, 0.05) is 0 Å². The predicted molar refractivity (Wildman–Crippen MR) is 118 cm³/mol. The topological polar surface area (TPSA) is 52.1 Å². The van der Waals surface area contributed by atoms with Crippen LogP contribution in [-0.2, 0) is 17.1 Å². The molecule has 4 nitrogen and oxygen atoms in total. The number of oxazole rings is 2. The van der Waals surface area contributed by atoms with Gasteiger partial charge in [-0.2, -0.15) is 0 Å². The van der Waals surface area contributed by atoms with Crippen molar-refractivity contribution in [3.8, 4) is 22.9 Å². The first-order valence-corrected chi connectivity index (χ1v) is 13.2. The number of benzene rings is 4. The molecule has 2 heterocycles. The first-order chi connectivity index (χ1) is 15.3. The number of hydrogen-bond acceptors (Lipinski definition) is 4. The van der Waals surface area contributed by atoms with E-state index in [1.807, 2.05) is 60.7 Å². The summed E-state index contributed by atoms with van der Waals surface area (Å²) < 4.78 is 14.8. The van der Waals surface area contributed by atoms with Crippen LogP contribution >= 0.6 is 0 Å². The molecule has 6 aromatic rings. The van der Waals surface area contributed by atoms with Gasteiger partial charge in [0.1, 0.15) is 0 Å². The van der Waals surface area contributed by atoms with E-state index in [1.165, 1.54) is 8.32 Å². The Labute approximate surface area is 186 Å². The Morgan fingerprint density at radius 3 is 1.39 bits per heavy atom. The van der Waals surface area contributed by atoms with Gasteiger partial charge in [-0.3, -0.25) is 0 Å². The summed E-state index contributed by atoms with van der Waals surface area (Å²) in [5.74, 6) is 1.36. The Balaban J connectivity index is 1.43. The summed E-state index contributed by atoms with van der Waals surface area (Å²) >= 11 is -1.40. The van der Waals surface area contributed by atoms with Crippen LogP contribution in [0.3, 0.4) is 0 Å². The maximum atomic E-state index is 6.08. The fraction of sp³-hybridized carbons (Fsp3) is 0. The Morgan fingerprint density at radius 2 is 0.903 bits per heavy atom. The van der Waals surface area contributed by atoms with E-state index < -0.39 is 17.1 Å². The third kappa shape index (κ3) is 3.37. The summed E-state index contributed by atoms with van der Waals surface area (Å²) in [6.07, 6.45) is 0. The van der Waals surface area contributed by atoms with Crippen molar-refractivity contribution < 1.29 is 26.0 Å². The van der Waals surface area contributed by atoms with Crippen LogP contribution in [0.4, 0.5) is 0 Å². The van der Waals surface area contributed by atoms with E-state index in [2.05, 4.69) is 36.4 Å². The van der Waals surface area contributed by atoms with Crippen molar-refractivity contribution in [3.05, 3.63) is 97.1 Å². The first kappa shape index (κ1) is 18.2. The van der Waals surface area contributed by atoms with Crippen molar-refractivity contribution in [1.29, 1.82) is 0 Å². The number of para-hydroxylation sites is 4. The summed E-state index contributed by atoms with van der Waals surface area (Å²) in [6.45, 7) is 0. The minimum atomic E-state index is -1.40. The van der Waals surface area contributed by atoms with Crippen LogP contribution in [0.25, 0.3) is 45.1 Å². The standard InChI is InChI=1S/2C13H8NO.Zn/c2*1-2-6-10(7-3-1)13-14-11-8-4-5-9-12(11)15-13;/h2*1-6,8-9H;. The fourth-order valence-corrected chi connectivity index (χ4v) is 7.80. The van der Waals surface area contributed by atoms with E-state index in [-0.39, 0.29) is 0 Å². The number of nitrogens with zero attached hydrogens (tertiary/aromatic N) is 2. The molecule has 0 saturated carbocycles. The second kappa shape index (κ2) is 7.61. The second-order valence-corrected chi connectivity index (χ2v) is 11.4. The minimum absolute atomic E-state index is 0.682. The van der Waals surface area contributed by atoms with Crippen molar-refractivity contribution in [3.63, 3.8) is 0 Å². The summed E-state index contributed by atoms with van der Waals surface area (Å²) in [5.41, 5.74) is 5.54. The van der Waals surface area contributed by atoms with Crippen molar-refractivity contribution in [2.45, 2.75) is 0 Å². The molecule has 144 valence electrons. The summed E-state index contributed by atoms with van der Waals surface area (Å²) in [7, 11) is 0. The van der Waals surface area contributed by atoms with Crippen molar-refractivity contribution in [2.75, 3.05) is 0 Å². The van der Waals surface area contributed by atoms with Gasteiger partial charge in [-0.1, -0.05) is 0 Å². The van der Waals surface area contributed by atoms with Gasteiger partial charge in [0.15, 0.2) is 0 Å². The maximum absolute atomic E-state index is 6.08. The average Bonchev–Trinajstić information content (AvgIpc) is 3.44. The van der Waals surface area contributed by atoms with E-state index in [0.717, 1.165) is 33.3 Å². The normalized spacial score (nSPS) is 11.1. The van der Waals surface area contributed by atoms with Crippen LogP contribution in [0.1, 0.15) is 0 Å². The van der Waals surface area contributed by atoms with Crippen molar-refractivity contribution in [2.24, 2.45) is 0 Å². The van der Waals surface area contributed by atoms with E-state index >= 15 is 0 Å². The second-order valence-electron chi connectivity index (χ2n) is 7.46. The Morgan fingerprint density at radius 1 is 0.484 bits per heavy atom. The number of fused-ring (bicyclic) bond motifs is 2. The van der Waals surface area contributed by atoms with Crippen LogP contribution in [0.2, 0.25) is 0 Å². The molecule has 0 N–H and O–H groups in total. The quantitative estimate of drug-likeness (QED) is 0.338. The molecule has 0 unspecified atom stereocenters. The Hall–Kier alpha value is -3.56. The molecule has 0 aliphatic heterocycles. The predicted octanol–water partition coefficient (Wildman–Crippen LogP) is 5.34. The molecule has 5 heteroatoms. The van der Waals surface area contributed by atoms with Crippen molar-refractivity contribution in [1.82, 2.24) is 9.97 Å². The number of hydrogen-bond donors (Lipinski definition) is 0. The molecule has 0 fully saturated rings. The van der Waals surface area contributed by atoms with Gasteiger partial charge in [0.2, 0.25) is 0 Å². The molecule has 6 rings (SSSR count). The molecule has 0 atom stereocenters. The zero-order valence-corrected chi connectivity index (χ0v) is 19.6. The molecule has 0 saturated heterocycles. The molecule has 0 amide bonds. The molecule has 4 aromatic carbocycles. The van der Waals surface area contributed by atoms with Gasteiger partial charge in [-0.15, -0.1) is 0 Å². The SMILES string of the molecule is c1ccc(-c2nc3ccccc3o2)[c]([Zn][c]2ccccc2-c2nc3ccccc3o2)c1. The van der Waals surface area contributed by atoms with E-state index in [9.17, 15) is 0 Å². The van der Waals surface area contributed by atoms with E-state index in [4.69, 9.17) is 18.8 Å². The molecule has 0 aliphatic rings. The van der Waals surface area contributed by atoms with Crippen LogP contribution in [0.5, 0.6) is 0 Å². The summed E-state index contributed by atoms with van der Waals surface area (Å²) in [4.78, 5) is 9.45. The molecule has 0 spiro atoms. The Kier molecular flexibility index (Phi) is 4.47. The molecular formula is C26H16N2O2Zn. The summed E-state index contributed by atoms with van der Waals surface area (Å²) in [6, 6.07) is 32.7. The van der Waals surface area contributed by atoms with Gasteiger partial charge >= 0.3 is 186 Å². The molecular weight excluding hydrogens is 438 g/mol. The van der Waals surface area contributed by atoms with Crippen LogP contribution in [0, 0.1) is 0 Å². The van der Waals surface area contributed by atoms with E-state index in [1.54, 1.807) is 0 Å². The molecule has 0 aliphatic carbocycles. The summed E-state index contributed by atoms with van der Waals surface area (Å²) in [5, 5.41) is 0. The number of aromatic nitrogens is 2. The van der Waals surface area contributed by atoms with Gasteiger partial charge in [0.05, 0.1) is 0 Å².